The molecule has 0 aromatic heterocycles. The number of hydrogen-bond donors (Lipinski definition) is 2. The van der Waals surface area contributed by atoms with Crippen LogP contribution in [0.15, 0.2) is 0 Å². The molecule has 4 nitrogen and oxygen atoms in total. The molecule has 0 saturated carbocycles. The van der Waals surface area contributed by atoms with Gasteiger partial charge in [0.1, 0.15) is 6.04 Å². The summed E-state index contributed by atoms with van der Waals surface area (Å²) in [7, 11) is 0. The van der Waals surface area contributed by atoms with E-state index in [1.165, 1.54) is 0 Å². The van der Waals surface area contributed by atoms with Gasteiger partial charge in [-0.1, -0.05) is 0 Å². The highest BCUT2D eigenvalue weighted by molar-refractivity contribution is 5.73. The first-order valence-corrected chi connectivity index (χ1v) is 3.28. The molecule has 1 fully saturated rings. The van der Waals surface area contributed by atoms with E-state index in [2.05, 4.69) is 5.32 Å². The van der Waals surface area contributed by atoms with Gasteiger partial charge in [-0.25, -0.2) is 0 Å². The lowest BCUT2D eigenvalue weighted by Crippen LogP contribution is -2.49. The molecule has 10 heavy (non-hydrogen) atoms. The van der Waals surface area contributed by atoms with E-state index < -0.39 is 12.0 Å². The topological polar surface area (TPSA) is 58.6 Å². The van der Waals surface area contributed by atoms with Gasteiger partial charge >= 0.3 is 5.97 Å². The minimum Gasteiger partial charge on any atom is -0.480 e. The smallest absolute Gasteiger partial charge is 0.323 e. The number of rotatable bonds is 1. The highest BCUT2D eigenvalue weighted by Crippen LogP contribution is 1.99. The zero-order valence-electron chi connectivity index (χ0n) is 5.83. The van der Waals surface area contributed by atoms with Crippen LogP contribution in [0.25, 0.3) is 0 Å². The molecule has 2 N–H and O–H groups in total. The van der Waals surface area contributed by atoms with Crippen LogP contribution in [0.1, 0.15) is 6.92 Å². The maximum atomic E-state index is 10.3. The number of ether oxygens (including phenoxy) is 1. The summed E-state index contributed by atoms with van der Waals surface area (Å²) in [5.41, 5.74) is 0. The molecular formula is C6H11NO3. The summed E-state index contributed by atoms with van der Waals surface area (Å²) in [5.74, 6) is -0.841. The van der Waals surface area contributed by atoms with Crippen LogP contribution in [-0.4, -0.2) is 36.4 Å². The van der Waals surface area contributed by atoms with Crippen LogP contribution in [-0.2, 0) is 9.53 Å². The average Bonchev–Trinajstić information content (AvgIpc) is 1.88. The summed E-state index contributed by atoms with van der Waals surface area (Å²) < 4.78 is 5.11. The fraction of sp³-hybridized carbons (Fsp3) is 0.833. The van der Waals surface area contributed by atoms with Crippen molar-refractivity contribution in [2.45, 2.75) is 19.1 Å². The van der Waals surface area contributed by atoms with E-state index in [9.17, 15) is 4.79 Å². The van der Waals surface area contributed by atoms with Gasteiger partial charge in [0.2, 0.25) is 0 Å². The van der Waals surface area contributed by atoms with Crippen LogP contribution < -0.4 is 5.32 Å². The maximum Gasteiger partial charge on any atom is 0.323 e. The van der Waals surface area contributed by atoms with Crippen molar-refractivity contribution in [3.05, 3.63) is 0 Å². The Kier molecular flexibility index (Phi) is 2.24. The van der Waals surface area contributed by atoms with Gasteiger partial charge in [0.15, 0.2) is 0 Å². The third kappa shape index (κ3) is 1.68. The summed E-state index contributed by atoms with van der Waals surface area (Å²) in [6, 6.07) is -0.517. The number of hydrogen-bond acceptors (Lipinski definition) is 3. The molecule has 1 aliphatic rings. The standard InChI is InChI=1S/C6H11NO3/c1-4-2-7-5(3-10-4)6(8)9/h4-5,7H,2-3H2,1H3,(H,8,9)/t4-,5+/m0/s1. The Morgan fingerprint density at radius 1 is 1.80 bits per heavy atom. The summed E-state index contributed by atoms with van der Waals surface area (Å²) in [6.45, 7) is 2.80. The molecule has 0 spiro atoms. The second kappa shape index (κ2) is 2.98. The van der Waals surface area contributed by atoms with Gasteiger partial charge in [0.05, 0.1) is 12.7 Å². The molecule has 0 aliphatic carbocycles. The van der Waals surface area contributed by atoms with E-state index >= 15 is 0 Å². The number of carboxylic acid groups (broad SMARTS) is 1. The lowest BCUT2D eigenvalue weighted by Gasteiger charge is -2.25. The molecule has 4 heteroatoms. The Morgan fingerprint density at radius 2 is 2.50 bits per heavy atom. The zero-order valence-corrected chi connectivity index (χ0v) is 5.83. The normalized spacial score (nSPS) is 33.7. The van der Waals surface area contributed by atoms with E-state index in [4.69, 9.17) is 9.84 Å². The van der Waals surface area contributed by atoms with Crippen molar-refractivity contribution < 1.29 is 14.6 Å². The van der Waals surface area contributed by atoms with Crippen LogP contribution in [0.3, 0.4) is 0 Å². The van der Waals surface area contributed by atoms with E-state index in [0.717, 1.165) is 0 Å². The molecule has 1 rings (SSSR count). The van der Waals surface area contributed by atoms with Crippen molar-refractivity contribution in [2.75, 3.05) is 13.2 Å². The third-order valence-corrected chi connectivity index (χ3v) is 1.50. The quantitative estimate of drug-likeness (QED) is 0.519. The molecule has 1 saturated heterocycles. The largest absolute Gasteiger partial charge is 0.480 e. The van der Waals surface area contributed by atoms with Gasteiger partial charge in [-0.15, -0.1) is 0 Å². The van der Waals surface area contributed by atoms with Gasteiger partial charge in [-0.3, -0.25) is 10.1 Å². The predicted octanol–water partition coefficient (Wildman–Crippen LogP) is -0.552. The molecular weight excluding hydrogens is 134 g/mol. The van der Waals surface area contributed by atoms with Crippen molar-refractivity contribution in [2.24, 2.45) is 0 Å². The molecule has 1 heterocycles. The summed E-state index contributed by atoms with van der Waals surface area (Å²) in [4.78, 5) is 10.3. The molecule has 58 valence electrons. The Morgan fingerprint density at radius 3 is 2.90 bits per heavy atom. The van der Waals surface area contributed by atoms with Crippen molar-refractivity contribution in [1.82, 2.24) is 5.32 Å². The zero-order chi connectivity index (χ0) is 7.56. The number of carbonyl (C=O) groups is 1. The monoisotopic (exact) mass is 145 g/mol. The lowest BCUT2D eigenvalue weighted by atomic mass is 10.2. The van der Waals surface area contributed by atoms with E-state index in [1.54, 1.807) is 0 Å². The molecule has 0 bridgehead atoms. The first-order valence-electron chi connectivity index (χ1n) is 3.28. The summed E-state index contributed by atoms with van der Waals surface area (Å²) >= 11 is 0. The Hall–Kier alpha value is -0.610. The molecule has 1 aliphatic heterocycles. The Labute approximate surface area is 59.2 Å². The number of carboxylic acids is 1. The van der Waals surface area contributed by atoms with E-state index in [1.807, 2.05) is 6.92 Å². The maximum absolute atomic E-state index is 10.3. The molecule has 0 radical (unpaired) electrons. The van der Waals surface area contributed by atoms with Crippen LogP contribution >= 0.6 is 0 Å². The first kappa shape index (κ1) is 7.50. The van der Waals surface area contributed by atoms with Crippen LogP contribution in [0.5, 0.6) is 0 Å². The van der Waals surface area contributed by atoms with Gasteiger partial charge < -0.3 is 9.84 Å². The predicted molar refractivity (Wildman–Crippen MR) is 34.8 cm³/mol. The van der Waals surface area contributed by atoms with Crippen molar-refractivity contribution in [3.63, 3.8) is 0 Å². The van der Waals surface area contributed by atoms with Crippen molar-refractivity contribution >= 4 is 5.97 Å². The van der Waals surface area contributed by atoms with E-state index in [0.29, 0.717) is 6.54 Å². The third-order valence-electron chi connectivity index (χ3n) is 1.50. The average molecular weight is 145 g/mol. The van der Waals surface area contributed by atoms with Crippen molar-refractivity contribution in [1.29, 1.82) is 0 Å². The number of aliphatic carboxylic acids is 1. The van der Waals surface area contributed by atoms with Crippen LogP contribution in [0.4, 0.5) is 0 Å². The highest BCUT2D eigenvalue weighted by Gasteiger charge is 2.22. The second-order valence-electron chi connectivity index (χ2n) is 2.44. The lowest BCUT2D eigenvalue weighted by molar-refractivity contribution is -0.143. The molecule has 0 aromatic carbocycles. The number of nitrogens with one attached hydrogen (secondary N) is 1. The molecule has 0 aromatic rings. The van der Waals surface area contributed by atoms with Crippen LogP contribution in [0, 0.1) is 0 Å². The molecule has 0 amide bonds. The van der Waals surface area contributed by atoms with Gasteiger partial charge in [-0.2, -0.15) is 0 Å². The van der Waals surface area contributed by atoms with Crippen molar-refractivity contribution in [3.8, 4) is 0 Å². The fourth-order valence-corrected chi connectivity index (χ4v) is 0.845. The SMILES string of the molecule is C[C@H]1CN[C@@H](C(=O)O)CO1. The molecule has 0 unspecified atom stereocenters. The van der Waals surface area contributed by atoms with Gasteiger partial charge in [-0.05, 0) is 6.92 Å². The van der Waals surface area contributed by atoms with Gasteiger partial charge in [0, 0.05) is 6.54 Å². The number of morpholine rings is 1. The minimum absolute atomic E-state index is 0.135. The van der Waals surface area contributed by atoms with E-state index in [-0.39, 0.29) is 12.7 Å². The second-order valence-corrected chi connectivity index (χ2v) is 2.44. The Balaban J connectivity index is 2.33. The van der Waals surface area contributed by atoms with Gasteiger partial charge in [0.25, 0.3) is 0 Å². The fourth-order valence-electron chi connectivity index (χ4n) is 0.845. The molecule has 2 atom stereocenters. The summed E-state index contributed by atoms with van der Waals surface area (Å²) in [5, 5.41) is 11.3. The van der Waals surface area contributed by atoms with Crippen LogP contribution in [0.2, 0.25) is 0 Å². The highest BCUT2D eigenvalue weighted by atomic mass is 16.5. The first-order chi connectivity index (χ1) is 4.70. The minimum atomic E-state index is -0.841. The Bertz CT molecular complexity index is 129. The summed E-state index contributed by atoms with van der Waals surface area (Å²) in [6.07, 6.45) is 0.135.